The summed E-state index contributed by atoms with van der Waals surface area (Å²) in [6, 6.07) is 77.1. The van der Waals surface area contributed by atoms with Gasteiger partial charge in [0.15, 0.2) is 5.82 Å². The first-order chi connectivity index (χ1) is 29.2. The van der Waals surface area contributed by atoms with Crippen molar-refractivity contribution in [3.63, 3.8) is 0 Å². The van der Waals surface area contributed by atoms with E-state index in [1.807, 2.05) is 30.3 Å². The van der Waals surface area contributed by atoms with Crippen molar-refractivity contribution in [2.24, 2.45) is 0 Å². The maximum absolute atomic E-state index is 6.24. The van der Waals surface area contributed by atoms with Gasteiger partial charge in [-0.05, 0) is 110 Å². The lowest BCUT2D eigenvalue weighted by Crippen LogP contribution is -1.97. The Morgan fingerprint density at radius 1 is 0.271 bits per heavy atom. The summed E-state index contributed by atoms with van der Waals surface area (Å²) in [5.41, 5.74) is 15.6. The van der Waals surface area contributed by atoms with E-state index in [9.17, 15) is 0 Å². The quantitative estimate of drug-likeness (QED) is 0.163. The molecule has 0 N–H and O–H groups in total. The monoisotopic (exact) mass is 752 g/mol. The molecule has 0 atom stereocenters. The number of nitrogens with zero attached hydrogens (tertiary/aromatic N) is 2. The number of furan rings is 1. The number of aromatic nitrogens is 2. The summed E-state index contributed by atoms with van der Waals surface area (Å²) in [4.78, 5) is 10.6. The van der Waals surface area contributed by atoms with Crippen LogP contribution in [-0.2, 0) is 0 Å². The van der Waals surface area contributed by atoms with Crippen LogP contribution in [0.15, 0.2) is 223 Å². The zero-order chi connectivity index (χ0) is 39.1. The molecule has 0 unspecified atom stereocenters. The van der Waals surface area contributed by atoms with E-state index < -0.39 is 0 Å². The highest BCUT2D eigenvalue weighted by Gasteiger charge is 2.16. The van der Waals surface area contributed by atoms with Crippen LogP contribution in [0.25, 0.3) is 111 Å². The van der Waals surface area contributed by atoms with Gasteiger partial charge in [0.1, 0.15) is 11.2 Å². The Kier molecular flexibility index (Phi) is 8.49. The first-order valence-corrected chi connectivity index (χ1v) is 20.0. The standard InChI is InChI=1S/C56H36N2O/c1-3-14-37(15-4-1)40-20-11-21-41(30-40)45-32-46(42-28-29-55-51(35-42)50-25-9-10-27-54(50)59-55)34-47(33-45)53-36-52(57-56(58-53)39-17-5-2-6-18-39)44-23-12-22-43(31-44)49-26-13-19-38-16-7-8-24-48(38)49/h1-36H. The predicted octanol–water partition coefficient (Wildman–Crippen LogP) is 15.2. The van der Waals surface area contributed by atoms with Crippen LogP contribution in [0.4, 0.5) is 0 Å². The minimum Gasteiger partial charge on any atom is -0.456 e. The van der Waals surface area contributed by atoms with Gasteiger partial charge in [-0.15, -0.1) is 0 Å². The second kappa shape index (κ2) is 14.6. The highest BCUT2D eigenvalue weighted by atomic mass is 16.3. The van der Waals surface area contributed by atoms with Crippen molar-refractivity contribution in [3.05, 3.63) is 218 Å². The van der Waals surface area contributed by atoms with Crippen LogP contribution >= 0.6 is 0 Å². The molecule has 0 aliphatic rings. The number of rotatable bonds is 7. The Bertz CT molecular complexity index is 3320. The molecule has 9 aromatic carbocycles. The number of para-hydroxylation sites is 1. The number of fused-ring (bicyclic) bond motifs is 4. The summed E-state index contributed by atoms with van der Waals surface area (Å²) in [5.74, 6) is 0.679. The van der Waals surface area contributed by atoms with Crippen molar-refractivity contribution in [2.75, 3.05) is 0 Å². The second-order valence-corrected chi connectivity index (χ2v) is 15.0. The molecule has 0 fully saturated rings. The van der Waals surface area contributed by atoms with Crippen LogP contribution < -0.4 is 0 Å². The van der Waals surface area contributed by atoms with Gasteiger partial charge in [0.05, 0.1) is 11.4 Å². The number of hydrogen-bond acceptors (Lipinski definition) is 3. The van der Waals surface area contributed by atoms with Gasteiger partial charge in [-0.1, -0.05) is 164 Å². The molecule has 3 nitrogen and oxygen atoms in total. The van der Waals surface area contributed by atoms with Crippen LogP contribution in [0.1, 0.15) is 0 Å². The zero-order valence-corrected chi connectivity index (χ0v) is 32.1. The molecule has 0 bridgehead atoms. The summed E-state index contributed by atoms with van der Waals surface area (Å²) < 4.78 is 6.24. The van der Waals surface area contributed by atoms with E-state index >= 15 is 0 Å². The summed E-state index contributed by atoms with van der Waals surface area (Å²) in [6.07, 6.45) is 0. The third kappa shape index (κ3) is 6.55. The third-order valence-corrected chi connectivity index (χ3v) is 11.3. The highest BCUT2D eigenvalue weighted by Crippen LogP contribution is 2.39. The molecule has 0 radical (unpaired) electrons. The molecule has 11 aromatic rings. The Labute approximate surface area is 342 Å². The van der Waals surface area contributed by atoms with Gasteiger partial charge in [-0.3, -0.25) is 0 Å². The van der Waals surface area contributed by atoms with E-state index in [0.29, 0.717) is 5.82 Å². The normalized spacial score (nSPS) is 11.4. The van der Waals surface area contributed by atoms with Crippen molar-refractivity contribution in [3.8, 4) is 78.4 Å². The molecule has 0 aliphatic carbocycles. The lowest BCUT2D eigenvalue weighted by Gasteiger charge is -2.14. The molecule has 2 heterocycles. The minimum atomic E-state index is 0.679. The predicted molar refractivity (Wildman–Crippen MR) is 245 cm³/mol. The number of benzene rings is 9. The van der Waals surface area contributed by atoms with E-state index in [2.05, 4.69) is 188 Å². The van der Waals surface area contributed by atoms with E-state index in [1.54, 1.807) is 0 Å². The summed E-state index contributed by atoms with van der Waals surface area (Å²) in [6.45, 7) is 0. The van der Waals surface area contributed by atoms with Crippen molar-refractivity contribution < 1.29 is 4.42 Å². The Hall–Kier alpha value is -7.88. The molecule has 3 heteroatoms. The minimum absolute atomic E-state index is 0.679. The van der Waals surface area contributed by atoms with E-state index in [1.165, 1.54) is 27.5 Å². The van der Waals surface area contributed by atoms with Gasteiger partial charge in [0.25, 0.3) is 0 Å². The van der Waals surface area contributed by atoms with E-state index in [4.69, 9.17) is 14.4 Å². The van der Waals surface area contributed by atoms with Crippen molar-refractivity contribution in [2.45, 2.75) is 0 Å². The Morgan fingerprint density at radius 2 is 0.780 bits per heavy atom. The number of hydrogen-bond donors (Lipinski definition) is 0. The van der Waals surface area contributed by atoms with Crippen molar-refractivity contribution in [1.29, 1.82) is 0 Å². The van der Waals surface area contributed by atoms with Crippen LogP contribution in [0.5, 0.6) is 0 Å². The fraction of sp³-hybridized carbons (Fsp3) is 0. The molecule has 0 spiro atoms. The van der Waals surface area contributed by atoms with Crippen molar-refractivity contribution in [1.82, 2.24) is 9.97 Å². The fourth-order valence-electron chi connectivity index (χ4n) is 8.31. The van der Waals surface area contributed by atoms with Gasteiger partial charge >= 0.3 is 0 Å². The summed E-state index contributed by atoms with van der Waals surface area (Å²) in [7, 11) is 0. The maximum Gasteiger partial charge on any atom is 0.160 e. The SMILES string of the molecule is c1ccc(-c2cccc(-c3cc(-c4ccc5oc6ccccc6c5c4)cc(-c4cc(-c5cccc(-c6cccc7ccccc67)c5)nc(-c5ccccc5)n4)c3)c2)cc1. The average molecular weight is 753 g/mol. The lowest BCUT2D eigenvalue weighted by molar-refractivity contribution is 0.669. The molecule has 0 saturated heterocycles. The zero-order valence-electron chi connectivity index (χ0n) is 32.1. The van der Waals surface area contributed by atoms with Crippen LogP contribution in [0, 0.1) is 0 Å². The van der Waals surface area contributed by atoms with E-state index in [0.717, 1.165) is 77.8 Å². The molecule has 59 heavy (non-hydrogen) atoms. The van der Waals surface area contributed by atoms with Gasteiger partial charge in [-0.2, -0.15) is 0 Å². The first-order valence-electron chi connectivity index (χ1n) is 20.0. The van der Waals surface area contributed by atoms with Crippen LogP contribution in [0.2, 0.25) is 0 Å². The molecular weight excluding hydrogens is 717 g/mol. The molecule has 2 aromatic heterocycles. The van der Waals surface area contributed by atoms with Gasteiger partial charge < -0.3 is 4.42 Å². The summed E-state index contributed by atoms with van der Waals surface area (Å²) >= 11 is 0. The van der Waals surface area contributed by atoms with Gasteiger partial charge in [-0.25, -0.2) is 9.97 Å². The van der Waals surface area contributed by atoms with E-state index in [-0.39, 0.29) is 0 Å². The van der Waals surface area contributed by atoms with Crippen molar-refractivity contribution >= 4 is 32.7 Å². The fourth-order valence-corrected chi connectivity index (χ4v) is 8.31. The molecule has 0 aliphatic heterocycles. The molecular formula is C56H36N2O. The molecule has 276 valence electrons. The average Bonchev–Trinajstić information content (AvgIpc) is 3.70. The van der Waals surface area contributed by atoms with Crippen LogP contribution in [0.3, 0.4) is 0 Å². The summed E-state index contributed by atoms with van der Waals surface area (Å²) in [5, 5.41) is 4.65. The van der Waals surface area contributed by atoms with Crippen LogP contribution in [-0.4, -0.2) is 9.97 Å². The second-order valence-electron chi connectivity index (χ2n) is 15.0. The molecule has 11 rings (SSSR count). The van der Waals surface area contributed by atoms with Gasteiger partial charge in [0.2, 0.25) is 0 Å². The third-order valence-electron chi connectivity index (χ3n) is 11.3. The largest absolute Gasteiger partial charge is 0.456 e. The maximum atomic E-state index is 6.24. The van der Waals surface area contributed by atoms with Gasteiger partial charge in [0, 0.05) is 27.5 Å². The smallest absolute Gasteiger partial charge is 0.160 e. The first kappa shape index (κ1) is 34.4. The molecule has 0 amide bonds. The topological polar surface area (TPSA) is 38.9 Å². The molecule has 0 saturated carbocycles. The Balaban J connectivity index is 1.11. The Morgan fingerprint density at radius 3 is 1.58 bits per heavy atom. The highest BCUT2D eigenvalue weighted by molar-refractivity contribution is 6.06. The lowest BCUT2D eigenvalue weighted by atomic mass is 9.92.